The van der Waals surface area contributed by atoms with E-state index >= 15 is 0 Å². The summed E-state index contributed by atoms with van der Waals surface area (Å²) in [6.07, 6.45) is 2.01. The van der Waals surface area contributed by atoms with Crippen LogP contribution in [0.2, 0.25) is 0 Å². The molecular formula is C22H24F2N2O. The Bertz CT molecular complexity index is 756. The van der Waals surface area contributed by atoms with E-state index in [2.05, 4.69) is 17.4 Å². The maximum absolute atomic E-state index is 13.4. The standard InChI is InChI=1S/C22H24F2N2O/c1-13-11-18-20(14-3-7-16(23)8-4-14)25-21(15-5-9-17(24)10-6-15)19(12-13)22(18)26-27-2/h3-10,13,18-21,25H,11-12H2,1-2H3. The van der Waals surface area contributed by atoms with Crippen LogP contribution >= 0.6 is 0 Å². The minimum atomic E-state index is -0.245. The molecule has 1 N–H and O–H groups in total. The zero-order valence-electron chi connectivity index (χ0n) is 15.5. The number of hydrogen-bond acceptors (Lipinski definition) is 3. The van der Waals surface area contributed by atoms with Gasteiger partial charge in [0.25, 0.3) is 0 Å². The van der Waals surface area contributed by atoms with Crippen molar-refractivity contribution in [2.75, 3.05) is 7.11 Å². The van der Waals surface area contributed by atoms with Gasteiger partial charge in [0.05, 0.1) is 5.71 Å². The number of piperidine rings is 1. The van der Waals surface area contributed by atoms with Crippen molar-refractivity contribution in [3.05, 3.63) is 71.3 Å². The second-order valence-electron chi connectivity index (χ2n) is 7.71. The zero-order chi connectivity index (χ0) is 19.0. The van der Waals surface area contributed by atoms with Crippen LogP contribution in [0.5, 0.6) is 0 Å². The van der Waals surface area contributed by atoms with Crippen LogP contribution in [0, 0.1) is 29.4 Å². The third kappa shape index (κ3) is 3.48. The molecule has 3 nitrogen and oxygen atoms in total. The van der Waals surface area contributed by atoms with Gasteiger partial charge >= 0.3 is 0 Å². The number of nitrogens with one attached hydrogen (secondary N) is 1. The highest BCUT2D eigenvalue weighted by molar-refractivity contribution is 5.91. The lowest BCUT2D eigenvalue weighted by Crippen LogP contribution is -2.52. The molecule has 0 aromatic heterocycles. The smallest absolute Gasteiger partial charge is 0.123 e. The Labute approximate surface area is 158 Å². The minimum Gasteiger partial charge on any atom is -0.399 e. The number of benzene rings is 2. The molecule has 142 valence electrons. The molecule has 27 heavy (non-hydrogen) atoms. The van der Waals surface area contributed by atoms with Crippen LogP contribution in [0.15, 0.2) is 53.7 Å². The van der Waals surface area contributed by atoms with Crippen molar-refractivity contribution in [1.29, 1.82) is 0 Å². The average molecular weight is 370 g/mol. The van der Waals surface area contributed by atoms with Gasteiger partial charge in [0.15, 0.2) is 0 Å². The Morgan fingerprint density at radius 2 is 1.30 bits per heavy atom. The van der Waals surface area contributed by atoms with Gasteiger partial charge in [-0.2, -0.15) is 0 Å². The topological polar surface area (TPSA) is 33.6 Å². The fourth-order valence-electron chi connectivity index (χ4n) is 4.76. The summed E-state index contributed by atoms with van der Waals surface area (Å²) in [4.78, 5) is 5.20. The van der Waals surface area contributed by atoms with Gasteiger partial charge in [0, 0.05) is 23.9 Å². The molecule has 1 heterocycles. The maximum atomic E-state index is 13.4. The largest absolute Gasteiger partial charge is 0.399 e. The van der Waals surface area contributed by atoms with Crippen molar-refractivity contribution in [3.8, 4) is 0 Å². The second-order valence-corrected chi connectivity index (χ2v) is 7.71. The molecule has 2 fully saturated rings. The molecule has 0 amide bonds. The molecule has 4 unspecified atom stereocenters. The van der Waals surface area contributed by atoms with E-state index in [-0.39, 0.29) is 35.6 Å². The maximum Gasteiger partial charge on any atom is 0.123 e. The lowest BCUT2D eigenvalue weighted by molar-refractivity contribution is 0.162. The van der Waals surface area contributed by atoms with Gasteiger partial charge in [0.1, 0.15) is 18.7 Å². The van der Waals surface area contributed by atoms with E-state index in [0.29, 0.717) is 5.92 Å². The van der Waals surface area contributed by atoms with Crippen LogP contribution in [0.25, 0.3) is 0 Å². The molecular weight excluding hydrogens is 346 g/mol. The molecule has 2 aromatic rings. The molecule has 2 aromatic carbocycles. The summed E-state index contributed by atoms with van der Waals surface area (Å²) in [6, 6.07) is 13.3. The van der Waals surface area contributed by atoms with Crippen molar-refractivity contribution in [1.82, 2.24) is 5.32 Å². The van der Waals surface area contributed by atoms with Crippen molar-refractivity contribution >= 4 is 5.71 Å². The summed E-state index contributed by atoms with van der Waals surface area (Å²) in [5.41, 5.74) is 3.12. The van der Waals surface area contributed by atoms with Gasteiger partial charge in [0.2, 0.25) is 0 Å². The van der Waals surface area contributed by atoms with E-state index in [4.69, 9.17) is 4.84 Å². The summed E-state index contributed by atoms with van der Waals surface area (Å²) in [5.74, 6) is 0.446. The van der Waals surface area contributed by atoms with Crippen molar-refractivity contribution in [2.45, 2.75) is 31.8 Å². The molecule has 2 bridgehead atoms. The first-order chi connectivity index (χ1) is 13.1. The van der Waals surface area contributed by atoms with E-state index in [1.807, 2.05) is 24.3 Å². The zero-order valence-corrected chi connectivity index (χ0v) is 15.5. The summed E-state index contributed by atoms with van der Waals surface area (Å²) >= 11 is 0. The van der Waals surface area contributed by atoms with E-state index in [0.717, 1.165) is 29.7 Å². The monoisotopic (exact) mass is 370 g/mol. The number of halogens is 2. The summed E-state index contributed by atoms with van der Waals surface area (Å²) in [7, 11) is 1.58. The van der Waals surface area contributed by atoms with Gasteiger partial charge < -0.3 is 10.2 Å². The fourth-order valence-corrected chi connectivity index (χ4v) is 4.76. The van der Waals surface area contributed by atoms with Gasteiger partial charge in [-0.1, -0.05) is 36.3 Å². The van der Waals surface area contributed by atoms with Crippen LogP contribution < -0.4 is 5.32 Å². The highest BCUT2D eigenvalue weighted by atomic mass is 19.1. The second kappa shape index (κ2) is 7.39. The predicted octanol–water partition coefficient (Wildman–Crippen LogP) is 5.02. The third-order valence-electron chi connectivity index (χ3n) is 5.89. The molecule has 1 aliphatic heterocycles. The predicted molar refractivity (Wildman–Crippen MR) is 101 cm³/mol. The lowest BCUT2D eigenvalue weighted by Gasteiger charge is -2.48. The highest BCUT2D eigenvalue weighted by Gasteiger charge is 2.47. The Hall–Kier alpha value is -2.27. The van der Waals surface area contributed by atoms with Crippen LogP contribution in [0.4, 0.5) is 8.78 Å². The van der Waals surface area contributed by atoms with Gasteiger partial charge in [-0.3, -0.25) is 0 Å². The van der Waals surface area contributed by atoms with E-state index in [9.17, 15) is 8.78 Å². The number of hydrogen-bond donors (Lipinski definition) is 1. The van der Waals surface area contributed by atoms with Crippen LogP contribution in [0.3, 0.4) is 0 Å². The molecule has 1 saturated carbocycles. The fraction of sp³-hybridized carbons (Fsp3) is 0.409. The SMILES string of the molecule is CON=C1C2CC(C)CC1C(c1ccc(F)cc1)NC2c1ccc(F)cc1. The van der Waals surface area contributed by atoms with Gasteiger partial charge in [-0.15, -0.1) is 0 Å². The van der Waals surface area contributed by atoms with Crippen LogP contribution in [-0.4, -0.2) is 12.8 Å². The van der Waals surface area contributed by atoms with Gasteiger partial charge in [-0.25, -0.2) is 8.78 Å². The first-order valence-electron chi connectivity index (χ1n) is 9.44. The lowest BCUT2D eigenvalue weighted by atomic mass is 9.64. The van der Waals surface area contributed by atoms with Crippen LogP contribution in [-0.2, 0) is 4.84 Å². The number of oxime groups is 1. The normalized spacial score (nSPS) is 30.1. The number of rotatable bonds is 3. The Kier molecular flexibility index (Phi) is 4.96. The van der Waals surface area contributed by atoms with Crippen molar-refractivity contribution in [3.63, 3.8) is 0 Å². The quantitative estimate of drug-likeness (QED) is 0.770. The molecule has 4 rings (SSSR count). The van der Waals surface area contributed by atoms with E-state index in [1.165, 1.54) is 24.3 Å². The number of nitrogens with zero attached hydrogens (tertiary/aromatic N) is 1. The van der Waals surface area contributed by atoms with Crippen molar-refractivity contribution < 1.29 is 13.6 Å². The summed E-state index contributed by atoms with van der Waals surface area (Å²) in [5, 5.41) is 8.17. The molecule has 2 aliphatic rings. The molecule has 0 spiro atoms. The number of fused-ring (bicyclic) bond motifs is 2. The molecule has 0 radical (unpaired) electrons. The summed E-state index contributed by atoms with van der Waals surface area (Å²) < 4.78 is 26.9. The Morgan fingerprint density at radius 3 is 1.70 bits per heavy atom. The van der Waals surface area contributed by atoms with E-state index in [1.54, 1.807) is 7.11 Å². The first kappa shape index (κ1) is 18.1. The molecule has 1 saturated heterocycles. The van der Waals surface area contributed by atoms with Crippen molar-refractivity contribution in [2.24, 2.45) is 22.9 Å². The summed E-state index contributed by atoms with van der Waals surface area (Å²) in [6.45, 7) is 2.26. The third-order valence-corrected chi connectivity index (χ3v) is 5.89. The van der Waals surface area contributed by atoms with Crippen LogP contribution in [0.1, 0.15) is 43.0 Å². The van der Waals surface area contributed by atoms with Gasteiger partial charge in [-0.05, 0) is 54.2 Å². The van der Waals surface area contributed by atoms with E-state index < -0.39 is 0 Å². The highest BCUT2D eigenvalue weighted by Crippen LogP contribution is 2.48. The average Bonchev–Trinajstić information content (AvgIpc) is 2.65. The first-order valence-corrected chi connectivity index (χ1v) is 9.44. The Morgan fingerprint density at radius 1 is 0.852 bits per heavy atom. The Balaban J connectivity index is 1.78. The molecule has 1 aliphatic carbocycles. The minimum absolute atomic E-state index is 0.00792. The molecule has 4 atom stereocenters. The molecule has 5 heteroatoms.